The first-order chi connectivity index (χ1) is 8.04. The summed E-state index contributed by atoms with van der Waals surface area (Å²) in [5.41, 5.74) is 0.373. The summed E-state index contributed by atoms with van der Waals surface area (Å²) in [5, 5.41) is 3.20. The molecule has 0 heterocycles. The van der Waals surface area contributed by atoms with Gasteiger partial charge in [0.1, 0.15) is 0 Å². The van der Waals surface area contributed by atoms with Crippen molar-refractivity contribution in [2.24, 2.45) is 0 Å². The Balaban J connectivity index is 2.58. The van der Waals surface area contributed by atoms with E-state index in [9.17, 15) is 4.79 Å². The van der Waals surface area contributed by atoms with Gasteiger partial charge in [0.2, 0.25) is 0 Å². The van der Waals surface area contributed by atoms with Gasteiger partial charge in [-0.1, -0.05) is 23.2 Å². The van der Waals surface area contributed by atoms with Crippen molar-refractivity contribution in [3.8, 4) is 0 Å². The first-order valence-electron chi connectivity index (χ1n) is 4.91. The van der Waals surface area contributed by atoms with Crippen LogP contribution in [0.15, 0.2) is 18.2 Å². The van der Waals surface area contributed by atoms with E-state index in [1.165, 1.54) is 6.07 Å². The fourth-order valence-electron chi connectivity index (χ4n) is 1.21. The maximum atomic E-state index is 11.7. The SMILES string of the molecule is COCC(Cl)CNC(=O)c1ccc(Cl)cc1Cl. The minimum absolute atomic E-state index is 0.268. The van der Waals surface area contributed by atoms with E-state index in [1.807, 2.05) is 0 Å². The fraction of sp³-hybridized carbons (Fsp3) is 0.364. The Labute approximate surface area is 115 Å². The maximum Gasteiger partial charge on any atom is 0.252 e. The average molecular weight is 297 g/mol. The molecular formula is C11H12Cl3NO2. The molecule has 1 aromatic carbocycles. The number of alkyl halides is 1. The highest BCUT2D eigenvalue weighted by atomic mass is 35.5. The van der Waals surface area contributed by atoms with E-state index in [0.717, 1.165) is 0 Å². The number of hydrogen-bond donors (Lipinski definition) is 1. The number of nitrogens with one attached hydrogen (secondary N) is 1. The van der Waals surface area contributed by atoms with E-state index in [2.05, 4.69) is 5.32 Å². The summed E-state index contributed by atoms with van der Waals surface area (Å²) in [7, 11) is 1.55. The average Bonchev–Trinajstić information content (AvgIpc) is 2.26. The molecule has 0 spiro atoms. The number of methoxy groups -OCH3 is 1. The molecule has 3 nitrogen and oxygen atoms in total. The number of benzene rings is 1. The van der Waals surface area contributed by atoms with Crippen LogP contribution in [0.1, 0.15) is 10.4 Å². The zero-order chi connectivity index (χ0) is 12.8. The third-order valence-electron chi connectivity index (χ3n) is 2.01. The highest BCUT2D eigenvalue weighted by Gasteiger charge is 2.12. The van der Waals surface area contributed by atoms with Crippen LogP contribution in [-0.2, 0) is 4.74 Å². The van der Waals surface area contributed by atoms with Crippen molar-refractivity contribution in [3.63, 3.8) is 0 Å². The highest BCUT2D eigenvalue weighted by molar-refractivity contribution is 6.36. The Morgan fingerprint density at radius 3 is 2.76 bits per heavy atom. The van der Waals surface area contributed by atoms with Gasteiger partial charge in [-0.25, -0.2) is 0 Å². The molecule has 1 N–H and O–H groups in total. The Bertz CT molecular complexity index is 398. The molecule has 1 amide bonds. The number of halogens is 3. The van der Waals surface area contributed by atoms with E-state index in [1.54, 1.807) is 19.2 Å². The lowest BCUT2D eigenvalue weighted by Gasteiger charge is -2.10. The van der Waals surface area contributed by atoms with E-state index >= 15 is 0 Å². The van der Waals surface area contributed by atoms with Crippen LogP contribution in [0.2, 0.25) is 10.0 Å². The molecule has 0 aromatic heterocycles. The lowest BCUT2D eigenvalue weighted by molar-refractivity contribution is 0.0949. The number of hydrogen-bond acceptors (Lipinski definition) is 2. The standard InChI is InChI=1S/C11H12Cl3NO2/c1-17-6-8(13)5-15-11(16)9-3-2-7(12)4-10(9)14/h2-4,8H,5-6H2,1H3,(H,15,16). The topological polar surface area (TPSA) is 38.3 Å². The van der Waals surface area contributed by atoms with Gasteiger partial charge in [0.05, 0.1) is 22.6 Å². The molecule has 0 aliphatic heterocycles. The van der Waals surface area contributed by atoms with E-state index < -0.39 is 0 Å². The number of rotatable bonds is 5. The Kier molecular flexibility index (Phi) is 6.06. The third-order valence-corrected chi connectivity index (χ3v) is 2.84. The Hall–Kier alpha value is -0.480. The molecule has 0 aliphatic rings. The predicted octanol–water partition coefficient (Wildman–Crippen LogP) is 2.98. The molecule has 0 bridgehead atoms. The highest BCUT2D eigenvalue weighted by Crippen LogP contribution is 2.20. The molecule has 17 heavy (non-hydrogen) atoms. The summed E-state index contributed by atoms with van der Waals surface area (Å²) < 4.78 is 4.85. The number of carbonyl (C=O) groups excluding carboxylic acids is 1. The normalized spacial score (nSPS) is 12.2. The van der Waals surface area contributed by atoms with Crippen LogP contribution in [0, 0.1) is 0 Å². The van der Waals surface area contributed by atoms with Gasteiger partial charge >= 0.3 is 0 Å². The largest absolute Gasteiger partial charge is 0.383 e. The molecule has 1 rings (SSSR count). The Morgan fingerprint density at radius 1 is 1.47 bits per heavy atom. The predicted molar refractivity (Wildman–Crippen MR) is 70.3 cm³/mol. The van der Waals surface area contributed by atoms with Gasteiger partial charge in [0, 0.05) is 18.7 Å². The molecule has 1 aromatic rings. The molecule has 94 valence electrons. The van der Waals surface area contributed by atoms with Gasteiger partial charge < -0.3 is 10.1 Å². The van der Waals surface area contributed by atoms with E-state index in [4.69, 9.17) is 39.5 Å². The third kappa shape index (κ3) is 4.72. The monoisotopic (exact) mass is 295 g/mol. The first kappa shape index (κ1) is 14.6. The van der Waals surface area contributed by atoms with Crippen molar-refractivity contribution < 1.29 is 9.53 Å². The fourth-order valence-corrected chi connectivity index (χ4v) is 1.91. The van der Waals surface area contributed by atoms with Crippen molar-refractivity contribution in [2.75, 3.05) is 20.3 Å². The smallest absolute Gasteiger partial charge is 0.252 e. The van der Waals surface area contributed by atoms with Crippen LogP contribution < -0.4 is 5.32 Å². The molecule has 0 aliphatic carbocycles. The number of carbonyl (C=O) groups is 1. The summed E-state index contributed by atoms with van der Waals surface area (Å²) >= 11 is 17.5. The molecule has 0 saturated heterocycles. The second-order valence-corrected chi connectivity index (χ2v) is 4.85. The second-order valence-electron chi connectivity index (χ2n) is 3.39. The molecule has 1 unspecified atom stereocenters. The first-order valence-corrected chi connectivity index (χ1v) is 6.10. The van der Waals surface area contributed by atoms with Crippen molar-refractivity contribution in [1.82, 2.24) is 5.32 Å². The molecule has 0 saturated carbocycles. The Morgan fingerprint density at radius 2 is 2.18 bits per heavy atom. The van der Waals surface area contributed by atoms with Crippen LogP contribution in [0.5, 0.6) is 0 Å². The zero-order valence-electron chi connectivity index (χ0n) is 9.17. The summed E-state index contributed by atoms with van der Waals surface area (Å²) in [6.07, 6.45) is 0. The van der Waals surface area contributed by atoms with Crippen molar-refractivity contribution in [2.45, 2.75) is 5.38 Å². The van der Waals surface area contributed by atoms with Gasteiger partial charge in [0.15, 0.2) is 0 Å². The van der Waals surface area contributed by atoms with E-state index in [-0.39, 0.29) is 11.3 Å². The van der Waals surface area contributed by atoms with Crippen LogP contribution in [-0.4, -0.2) is 31.5 Å². The molecule has 0 radical (unpaired) electrons. The number of amides is 1. The number of ether oxygens (including phenoxy) is 1. The van der Waals surface area contributed by atoms with E-state index in [0.29, 0.717) is 28.8 Å². The van der Waals surface area contributed by atoms with Crippen molar-refractivity contribution in [1.29, 1.82) is 0 Å². The minimum Gasteiger partial charge on any atom is -0.383 e. The quantitative estimate of drug-likeness (QED) is 0.848. The van der Waals surface area contributed by atoms with Crippen LogP contribution >= 0.6 is 34.8 Å². The minimum atomic E-state index is -0.284. The van der Waals surface area contributed by atoms with Crippen molar-refractivity contribution >= 4 is 40.7 Å². The molecular weight excluding hydrogens is 284 g/mol. The van der Waals surface area contributed by atoms with Crippen LogP contribution in [0.4, 0.5) is 0 Å². The lowest BCUT2D eigenvalue weighted by atomic mass is 10.2. The lowest BCUT2D eigenvalue weighted by Crippen LogP contribution is -2.31. The van der Waals surface area contributed by atoms with Gasteiger partial charge in [0.25, 0.3) is 5.91 Å². The molecule has 0 fully saturated rings. The molecule has 1 atom stereocenters. The second kappa shape index (κ2) is 7.07. The van der Waals surface area contributed by atoms with Crippen LogP contribution in [0.25, 0.3) is 0 Å². The van der Waals surface area contributed by atoms with Gasteiger partial charge in [-0.05, 0) is 18.2 Å². The molecule has 6 heteroatoms. The summed E-state index contributed by atoms with van der Waals surface area (Å²) in [6, 6.07) is 4.70. The van der Waals surface area contributed by atoms with Gasteiger partial charge in [-0.15, -0.1) is 11.6 Å². The van der Waals surface area contributed by atoms with Gasteiger partial charge in [-0.3, -0.25) is 4.79 Å². The van der Waals surface area contributed by atoms with Crippen LogP contribution in [0.3, 0.4) is 0 Å². The summed E-state index contributed by atoms with van der Waals surface area (Å²) in [4.78, 5) is 11.7. The maximum absolute atomic E-state index is 11.7. The summed E-state index contributed by atoms with van der Waals surface area (Å²) in [5.74, 6) is -0.284. The summed E-state index contributed by atoms with van der Waals surface area (Å²) in [6.45, 7) is 0.684. The van der Waals surface area contributed by atoms with Crippen molar-refractivity contribution in [3.05, 3.63) is 33.8 Å². The van der Waals surface area contributed by atoms with Gasteiger partial charge in [-0.2, -0.15) is 0 Å². The zero-order valence-corrected chi connectivity index (χ0v) is 11.4.